The van der Waals surface area contributed by atoms with Gasteiger partial charge in [-0.15, -0.1) is 0 Å². The van der Waals surface area contributed by atoms with Crippen molar-refractivity contribution in [2.75, 3.05) is 6.26 Å². The summed E-state index contributed by atoms with van der Waals surface area (Å²) in [5.41, 5.74) is 1.11. The highest BCUT2D eigenvalue weighted by Crippen LogP contribution is 2.23. The smallest absolute Gasteiger partial charge is 0.252 e. The van der Waals surface area contributed by atoms with Crippen molar-refractivity contribution in [1.82, 2.24) is 20.4 Å². The Hall–Kier alpha value is -2.78. The summed E-state index contributed by atoms with van der Waals surface area (Å²) in [5, 5.41) is 6.73. The molecule has 0 saturated carbocycles. The van der Waals surface area contributed by atoms with Crippen LogP contribution in [-0.4, -0.2) is 35.7 Å². The van der Waals surface area contributed by atoms with Crippen LogP contribution in [0.25, 0.3) is 11.3 Å². The summed E-state index contributed by atoms with van der Waals surface area (Å²) in [7, 11) is -3.63. The molecule has 3 aromatic rings. The summed E-state index contributed by atoms with van der Waals surface area (Å²) in [6.45, 7) is 3.35. The van der Waals surface area contributed by atoms with Gasteiger partial charge < -0.3 is 9.84 Å². The van der Waals surface area contributed by atoms with E-state index < -0.39 is 21.8 Å². The largest absolute Gasteiger partial charge is 0.341 e. The molecule has 8 nitrogen and oxygen atoms in total. The van der Waals surface area contributed by atoms with E-state index in [0.29, 0.717) is 22.1 Å². The van der Waals surface area contributed by atoms with Crippen LogP contribution in [0.2, 0.25) is 5.02 Å². The molecule has 0 aliphatic rings. The number of halogens is 1. The number of benzene rings is 1. The Morgan fingerprint density at radius 3 is 2.43 bits per heavy atom. The van der Waals surface area contributed by atoms with E-state index in [4.69, 9.17) is 16.1 Å². The highest BCUT2D eigenvalue weighted by atomic mass is 35.5. The van der Waals surface area contributed by atoms with Crippen LogP contribution in [0.1, 0.15) is 35.0 Å². The number of aryl methyl sites for hydroxylation is 1. The third kappa shape index (κ3) is 4.55. The van der Waals surface area contributed by atoms with Gasteiger partial charge in [0.1, 0.15) is 6.04 Å². The predicted octanol–water partition coefficient (Wildman–Crippen LogP) is 2.99. The summed E-state index contributed by atoms with van der Waals surface area (Å²) in [6.07, 6.45) is 1.03. The lowest BCUT2D eigenvalue weighted by molar-refractivity contribution is 0.0932. The number of amides is 1. The van der Waals surface area contributed by atoms with Crippen LogP contribution in [0.3, 0.4) is 0 Å². The van der Waals surface area contributed by atoms with Gasteiger partial charge in [0, 0.05) is 22.4 Å². The van der Waals surface area contributed by atoms with Crippen molar-refractivity contribution in [3.63, 3.8) is 0 Å². The maximum Gasteiger partial charge on any atom is 0.252 e. The second-order valence-electron chi connectivity index (χ2n) is 6.23. The van der Waals surface area contributed by atoms with Gasteiger partial charge in [0.25, 0.3) is 5.91 Å². The van der Waals surface area contributed by atoms with E-state index in [1.807, 2.05) is 0 Å². The van der Waals surface area contributed by atoms with Crippen LogP contribution < -0.4 is 5.32 Å². The molecule has 1 N–H and O–H groups in total. The topological polar surface area (TPSA) is 115 Å². The van der Waals surface area contributed by atoms with E-state index >= 15 is 0 Å². The maximum atomic E-state index is 12.7. The zero-order valence-electron chi connectivity index (χ0n) is 15.3. The molecule has 10 heteroatoms. The zero-order chi connectivity index (χ0) is 20.5. The first-order chi connectivity index (χ1) is 13.1. The molecule has 0 fully saturated rings. The minimum absolute atomic E-state index is 0.142. The van der Waals surface area contributed by atoms with Crippen LogP contribution in [0.15, 0.2) is 45.9 Å². The quantitative estimate of drug-likeness (QED) is 0.674. The molecule has 0 bridgehead atoms. The maximum absolute atomic E-state index is 12.7. The lowest BCUT2D eigenvalue weighted by Gasteiger charge is -2.12. The zero-order valence-corrected chi connectivity index (χ0v) is 16.9. The number of hydrogen-bond acceptors (Lipinski definition) is 7. The molecule has 1 atom stereocenters. The third-order valence-electron chi connectivity index (χ3n) is 3.85. The van der Waals surface area contributed by atoms with Gasteiger partial charge in [0.15, 0.2) is 20.7 Å². The third-order valence-corrected chi connectivity index (χ3v) is 5.07. The molecule has 0 radical (unpaired) electrons. The summed E-state index contributed by atoms with van der Waals surface area (Å²) >= 11 is 5.90. The molecule has 0 aliphatic heterocycles. The number of nitrogens with zero attached hydrogens (tertiary/aromatic N) is 3. The van der Waals surface area contributed by atoms with E-state index in [-0.39, 0.29) is 16.5 Å². The Bertz CT molecular complexity index is 1130. The van der Waals surface area contributed by atoms with Gasteiger partial charge in [-0.2, -0.15) is 4.98 Å². The fraction of sp³-hybridized carbons (Fsp3) is 0.222. The van der Waals surface area contributed by atoms with E-state index in [1.165, 1.54) is 12.1 Å². The van der Waals surface area contributed by atoms with Crippen LogP contribution in [-0.2, 0) is 9.84 Å². The molecular weight excluding hydrogens is 404 g/mol. The summed E-state index contributed by atoms with van der Waals surface area (Å²) in [6, 6.07) is 8.90. The van der Waals surface area contributed by atoms with E-state index in [1.54, 1.807) is 38.1 Å². The molecule has 0 aliphatic carbocycles. The van der Waals surface area contributed by atoms with Gasteiger partial charge >= 0.3 is 0 Å². The molecule has 0 unspecified atom stereocenters. The molecule has 2 heterocycles. The number of aromatic nitrogens is 3. The molecular formula is C18H17ClN4O4S. The summed E-state index contributed by atoms with van der Waals surface area (Å²) < 4.78 is 29.1. The first-order valence-electron chi connectivity index (χ1n) is 8.22. The average molecular weight is 421 g/mol. The first-order valence-corrected chi connectivity index (χ1v) is 10.5. The Kier molecular flexibility index (Phi) is 5.48. The highest BCUT2D eigenvalue weighted by Gasteiger charge is 2.20. The molecule has 28 heavy (non-hydrogen) atoms. The van der Waals surface area contributed by atoms with Gasteiger partial charge in [-0.05, 0) is 38.1 Å². The van der Waals surface area contributed by atoms with Crippen molar-refractivity contribution in [1.29, 1.82) is 0 Å². The van der Waals surface area contributed by atoms with Gasteiger partial charge in [0.2, 0.25) is 5.89 Å². The molecule has 1 aromatic carbocycles. The normalized spacial score (nSPS) is 12.6. The van der Waals surface area contributed by atoms with Gasteiger partial charge in [-0.25, -0.2) is 13.4 Å². The Labute approximate surface area is 166 Å². The summed E-state index contributed by atoms with van der Waals surface area (Å²) in [5.74, 6) is 0.205. The number of carbonyl (C=O) groups is 1. The van der Waals surface area contributed by atoms with Gasteiger partial charge in [0.05, 0.1) is 5.69 Å². The number of rotatable bonds is 5. The van der Waals surface area contributed by atoms with E-state index in [2.05, 4.69) is 20.4 Å². The second kappa shape index (κ2) is 7.69. The average Bonchev–Trinajstić information content (AvgIpc) is 3.08. The molecule has 2 aromatic heterocycles. The minimum atomic E-state index is -3.63. The highest BCUT2D eigenvalue weighted by molar-refractivity contribution is 7.90. The minimum Gasteiger partial charge on any atom is -0.341 e. The number of nitrogens with one attached hydrogen (secondary N) is 1. The van der Waals surface area contributed by atoms with Crippen molar-refractivity contribution in [3.05, 3.63) is 58.7 Å². The molecule has 3 rings (SSSR count). The standard InChI is InChI=1S/C18H17ClN4O4S/c1-10(18-21-11(2)23-27-18)20-17(24)13-8-15(12-4-6-14(19)7-5-12)22-16(9-13)28(3,25)26/h4-10H,1-3H3,(H,20,24)/t10-/m1/s1. The Morgan fingerprint density at radius 1 is 1.18 bits per heavy atom. The lowest BCUT2D eigenvalue weighted by atomic mass is 10.1. The van der Waals surface area contributed by atoms with E-state index in [9.17, 15) is 13.2 Å². The van der Waals surface area contributed by atoms with Crippen molar-refractivity contribution < 1.29 is 17.7 Å². The Morgan fingerprint density at radius 2 is 1.86 bits per heavy atom. The monoisotopic (exact) mass is 420 g/mol. The van der Waals surface area contributed by atoms with Crippen LogP contribution >= 0.6 is 11.6 Å². The molecule has 0 saturated heterocycles. The second-order valence-corrected chi connectivity index (χ2v) is 8.63. The number of carbonyl (C=O) groups excluding carboxylic acids is 1. The number of sulfone groups is 1. The van der Waals surface area contributed by atoms with Crippen molar-refractivity contribution >= 4 is 27.3 Å². The fourth-order valence-corrected chi connectivity index (χ4v) is 3.16. The number of pyridine rings is 1. The molecule has 0 spiro atoms. The van der Waals surface area contributed by atoms with Gasteiger partial charge in [-0.3, -0.25) is 4.79 Å². The Balaban J connectivity index is 1.98. The van der Waals surface area contributed by atoms with Crippen molar-refractivity contribution in [2.24, 2.45) is 0 Å². The van der Waals surface area contributed by atoms with Crippen LogP contribution in [0.4, 0.5) is 0 Å². The van der Waals surface area contributed by atoms with Crippen LogP contribution in [0, 0.1) is 6.92 Å². The first kappa shape index (κ1) is 20.0. The van der Waals surface area contributed by atoms with Crippen molar-refractivity contribution in [2.45, 2.75) is 24.9 Å². The fourth-order valence-electron chi connectivity index (χ4n) is 2.43. The molecule has 146 valence electrons. The van der Waals surface area contributed by atoms with E-state index in [0.717, 1.165) is 6.26 Å². The summed E-state index contributed by atoms with van der Waals surface area (Å²) in [4.78, 5) is 21.0. The SMILES string of the molecule is Cc1noc([C@@H](C)NC(=O)c2cc(-c3ccc(Cl)cc3)nc(S(C)(=O)=O)c2)n1. The van der Waals surface area contributed by atoms with Crippen molar-refractivity contribution in [3.8, 4) is 11.3 Å². The van der Waals surface area contributed by atoms with Crippen LogP contribution in [0.5, 0.6) is 0 Å². The van der Waals surface area contributed by atoms with Gasteiger partial charge in [-0.1, -0.05) is 28.9 Å². The lowest BCUT2D eigenvalue weighted by Crippen LogP contribution is -2.27. The molecule has 1 amide bonds. The predicted molar refractivity (Wildman–Crippen MR) is 103 cm³/mol. The number of hydrogen-bond donors (Lipinski definition) is 1.